The molecule has 12 heteroatoms. The van der Waals surface area contributed by atoms with Crippen molar-refractivity contribution in [3.63, 3.8) is 0 Å². The number of aryl methyl sites for hydroxylation is 2. The molecule has 174 valence electrons. The van der Waals surface area contributed by atoms with E-state index in [1.807, 2.05) is 0 Å². The number of aromatic nitrogens is 5. The van der Waals surface area contributed by atoms with Gasteiger partial charge in [-0.05, 0) is 54.9 Å². The lowest BCUT2D eigenvalue weighted by molar-refractivity contribution is 0.0540. The third-order valence-corrected chi connectivity index (χ3v) is 6.48. The van der Waals surface area contributed by atoms with Gasteiger partial charge in [0.1, 0.15) is 5.60 Å². The monoisotopic (exact) mass is 555 g/mol. The fourth-order valence-electron chi connectivity index (χ4n) is 3.65. The predicted octanol–water partition coefficient (Wildman–Crippen LogP) is 4.29. The maximum absolute atomic E-state index is 13.3. The summed E-state index contributed by atoms with van der Waals surface area (Å²) in [6.07, 6.45) is -0.703. The zero-order valence-electron chi connectivity index (χ0n) is 18.4. The van der Waals surface area contributed by atoms with Gasteiger partial charge in [-0.1, -0.05) is 23.2 Å². The summed E-state index contributed by atoms with van der Waals surface area (Å²) in [6.45, 7) is 4.99. The first-order valence-electron chi connectivity index (χ1n) is 9.85. The molecule has 0 bridgehead atoms. The van der Waals surface area contributed by atoms with Crippen molar-refractivity contribution >= 4 is 67.3 Å². The SMILES string of the molecule is Cn1c(Br)nc2c1c(=O)n(Cc1cc3c(Cl)ccc(Cl)c3n1C(=O)OC(C)(C)C)c(=O)n2C. The molecular formula is C21H20BrCl2N5O4. The van der Waals surface area contributed by atoms with Crippen LogP contribution in [0.3, 0.4) is 0 Å². The number of nitrogens with zero attached hydrogens (tertiary/aromatic N) is 5. The van der Waals surface area contributed by atoms with Gasteiger partial charge >= 0.3 is 11.8 Å². The lowest BCUT2D eigenvalue weighted by Crippen LogP contribution is -2.40. The minimum Gasteiger partial charge on any atom is -0.443 e. The molecule has 4 aromatic rings. The summed E-state index contributed by atoms with van der Waals surface area (Å²) >= 11 is 16.1. The quantitative estimate of drug-likeness (QED) is 0.343. The molecule has 3 aromatic heterocycles. The maximum atomic E-state index is 13.3. The van der Waals surface area contributed by atoms with Crippen molar-refractivity contribution in [1.82, 2.24) is 23.3 Å². The van der Waals surface area contributed by atoms with Gasteiger partial charge in [-0.2, -0.15) is 0 Å². The van der Waals surface area contributed by atoms with Crippen molar-refractivity contribution in [2.45, 2.75) is 32.9 Å². The van der Waals surface area contributed by atoms with Gasteiger partial charge in [0, 0.05) is 19.5 Å². The third kappa shape index (κ3) is 3.89. The Morgan fingerprint density at radius 2 is 1.73 bits per heavy atom. The van der Waals surface area contributed by atoms with Crippen LogP contribution in [0.1, 0.15) is 26.5 Å². The van der Waals surface area contributed by atoms with Gasteiger partial charge in [0.2, 0.25) is 0 Å². The fourth-order valence-corrected chi connectivity index (χ4v) is 4.45. The molecule has 0 fully saturated rings. The Hall–Kier alpha value is -2.56. The van der Waals surface area contributed by atoms with E-state index in [0.29, 0.717) is 26.4 Å². The number of carbonyl (C=O) groups excluding carboxylic acids is 1. The van der Waals surface area contributed by atoms with Gasteiger partial charge in [-0.15, -0.1) is 0 Å². The van der Waals surface area contributed by atoms with Gasteiger partial charge in [-0.25, -0.2) is 19.1 Å². The highest BCUT2D eigenvalue weighted by atomic mass is 79.9. The molecule has 1 aromatic carbocycles. The number of fused-ring (bicyclic) bond motifs is 2. The van der Waals surface area contributed by atoms with Crippen molar-refractivity contribution in [2.24, 2.45) is 14.1 Å². The summed E-state index contributed by atoms with van der Waals surface area (Å²) in [7, 11) is 3.18. The van der Waals surface area contributed by atoms with E-state index >= 15 is 0 Å². The Balaban J connectivity index is 2.01. The lowest BCUT2D eigenvalue weighted by Gasteiger charge is -2.21. The largest absolute Gasteiger partial charge is 0.443 e. The first kappa shape index (κ1) is 23.6. The molecule has 0 amide bonds. The van der Waals surface area contributed by atoms with Gasteiger partial charge in [0.15, 0.2) is 15.9 Å². The topological polar surface area (TPSA) is 93.1 Å². The van der Waals surface area contributed by atoms with E-state index < -0.39 is 22.9 Å². The zero-order valence-corrected chi connectivity index (χ0v) is 21.5. The van der Waals surface area contributed by atoms with Crippen LogP contribution in [-0.2, 0) is 25.4 Å². The second-order valence-corrected chi connectivity index (χ2v) is 10.1. The van der Waals surface area contributed by atoms with Gasteiger partial charge in [-0.3, -0.25) is 13.9 Å². The zero-order chi connectivity index (χ0) is 24.4. The Morgan fingerprint density at radius 1 is 1.09 bits per heavy atom. The van der Waals surface area contributed by atoms with Crippen molar-refractivity contribution in [3.8, 4) is 0 Å². The second-order valence-electron chi connectivity index (χ2n) is 8.59. The highest BCUT2D eigenvalue weighted by molar-refractivity contribution is 9.10. The Kier molecular flexibility index (Phi) is 5.74. The molecule has 0 saturated carbocycles. The summed E-state index contributed by atoms with van der Waals surface area (Å²) in [5.41, 5.74) is -0.794. The average molecular weight is 557 g/mol. The van der Waals surface area contributed by atoms with Crippen LogP contribution in [0.2, 0.25) is 10.0 Å². The molecule has 0 aliphatic heterocycles. The molecule has 0 aliphatic carbocycles. The van der Waals surface area contributed by atoms with Gasteiger partial charge in [0.05, 0.1) is 27.8 Å². The number of imidazole rings is 1. The highest BCUT2D eigenvalue weighted by Gasteiger charge is 2.26. The van der Waals surface area contributed by atoms with Gasteiger partial charge in [0.25, 0.3) is 5.56 Å². The molecular weight excluding hydrogens is 537 g/mol. The summed E-state index contributed by atoms with van der Waals surface area (Å²) in [6, 6.07) is 4.81. The standard InChI is InChI=1S/C21H20BrCl2N5O4/c1-21(2,3)33-20(32)29-10(8-11-12(23)6-7-13(24)14(11)29)9-28-17(30)15-16(27(5)19(28)31)25-18(22)26(15)4/h6-8H,9H2,1-5H3. The van der Waals surface area contributed by atoms with Crippen LogP contribution in [-0.4, -0.2) is 34.9 Å². The van der Waals surface area contributed by atoms with Crippen molar-refractivity contribution in [1.29, 1.82) is 0 Å². The molecule has 3 heterocycles. The van der Waals surface area contributed by atoms with Crippen LogP contribution in [0, 0.1) is 0 Å². The Labute approximate surface area is 206 Å². The van der Waals surface area contributed by atoms with E-state index in [2.05, 4.69) is 20.9 Å². The molecule has 4 rings (SSSR count). The van der Waals surface area contributed by atoms with Crippen molar-refractivity contribution < 1.29 is 9.53 Å². The van der Waals surface area contributed by atoms with Crippen LogP contribution in [0.25, 0.3) is 22.1 Å². The molecule has 33 heavy (non-hydrogen) atoms. The normalized spacial score (nSPS) is 12.1. The number of hydrogen-bond donors (Lipinski definition) is 0. The first-order valence-corrected chi connectivity index (χ1v) is 11.4. The second kappa shape index (κ2) is 8.03. The van der Waals surface area contributed by atoms with Crippen molar-refractivity contribution in [2.75, 3.05) is 0 Å². The number of ether oxygens (including phenoxy) is 1. The minimum absolute atomic E-state index is 0.217. The van der Waals surface area contributed by atoms with E-state index in [-0.39, 0.29) is 22.7 Å². The first-order chi connectivity index (χ1) is 15.3. The lowest BCUT2D eigenvalue weighted by atomic mass is 10.2. The van der Waals surface area contributed by atoms with E-state index in [1.54, 1.807) is 50.6 Å². The molecule has 0 unspecified atom stereocenters. The molecule has 0 saturated heterocycles. The number of rotatable bonds is 2. The van der Waals surface area contributed by atoms with Crippen LogP contribution >= 0.6 is 39.1 Å². The number of hydrogen-bond acceptors (Lipinski definition) is 5. The van der Waals surface area contributed by atoms with Crippen LogP contribution in [0.4, 0.5) is 4.79 Å². The fraction of sp³-hybridized carbons (Fsp3) is 0.333. The summed E-state index contributed by atoms with van der Waals surface area (Å²) in [5, 5.41) is 1.14. The van der Waals surface area contributed by atoms with Crippen molar-refractivity contribution in [3.05, 3.63) is 59.5 Å². The minimum atomic E-state index is -0.789. The summed E-state index contributed by atoms with van der Waals surface area (Å²) in [4.78, 5) is 43.8. The number of carbonyl (C=O) groups is 1. The molecule has 0 spiro atoms. The predicted molar refractivity (Wildman–Crippen MR) is 131 cm³/mol. The van der Waals surface area contributed by atoms with Gasteiger partial charge < -0.3 is 9.30 Å². The van der Waals surface area contributed by atoms with E-state index in [0.717, 1.165) is 4.57 Å². The summed E-state index contributed by atoms with van der Waals surface area (Å²) in [5.74, 6) is 0. The molecule has 9 nitrogen and oxygen atoms in total. The number of halogens is 3. The molecule has 0 N–H and O–H groups in total. The van der Waals surface area contributed by atoms with E-state index in [4.69, 9.17) is 27.9 Å². The number of benzene rings is 1. The average Bonchev–Trinajstić information content (AvgIpc) is 3.24. The van der Waals surface area contributed by atoms with Crippen LogP contribution in [0.15, 0.2) is 32.5 Å². The van der Waals surface area contributed by atoms with E-state index in [9.17, 15) is 14.4 Å². The molecule has 0 radical (unpaired) electrons. The van der Waals surface area contributed by atoms with Crippen LogP contribution in [0.5, 0.6) is 0 Å². The highest BCUT2D eigenvalue weighted by Crippen LogP contribution is 2.33. The smallest absolute Gasteiger partial charge is 0.419 e. The van der Waals surface area contributed by atoms with E-state index in [1.165, 1.54) is 16.2 Å². The Bertz CT molecular complexity index is 1570. The third-order valence-electron chi connectivity index (χ3n) is 5.14. The molecule has 0 aliphatic rings. The maximum Gasteiger partial charge on any atom is 0.419 e. The van der Waals surface area contributed by atoms with Crippen LogP contribution < -0.4 is 11.2 Å². The Morgan fingerprint density at radius 3 is 2.36 bits per heavy atom. The molecule has 0 atom stereocenters. The summed E-state index contributed by atoms with van der Waals surface area (Å²) < 4.78 is 11.1.